The van der Waals surface area contributed by atoms with Gasteiger partial charge in [0.05, 0.1) is 5.56 Å². The second kappa shape index (κ2) is 9.94. The number of carbonyl (C=O) groups is 1. The Labute approximate surface area is 211 Å². The van der Waals surface area contributed by atoms with E-state index in [1.807, 2.05) is 19.9 Å². The Morgan fingerprint density at radius 1 is 0.833 bits per heavy atom. The average Bonchev–Trinajstić information content (AvgIpc) is 3.21. The Hall–Kier alpha value is -3.98. The Kier molecular flexibility index (Phi) is 6.56. The molecule has 1 unspecified atom stereocenters. The zero-order valence-electron chi connectivity index (χ0n) is 20.6. The molecule has 3 heteroatoms. The molecule has 0 radical (unpaired) electrons. The van der Waals surface area contributed by atoms with Gasteiger partial charge in [0.2, 0.25) is 0 Å². The summed E-state index contributed by atoms with van der Waals surface area (Å²) in [5.74, 6) is -1.11. The van der Waals surface area contributed by atoms with E-state index in [1.165, 1.54) is 28.8 Å². The highest BCUT2D eigenvalue weighted by Gasteiger charge is 2.22. The summed E-state index contributed by atoms with van der Waals surface area (Å²) in [6, 6.07) is 27.3. The minimum Gasteiger partial charge on any atom is -0.478 e. The van der Waals surface area contributed by atoms with Crippen molar-refractivity contribution in [3.05, 3.63) is 129 Å². The van der Waals surface area contributed by atoms with E-state index < -0.39 is 5.97 Å². The first-order chi connectivity index (χ1) is 17.4. The largest absolute Gasteiger partial charge is 0.478 e. The van der Waals surface area contributed by atoms with Crippen molar-refractivity contribution >= 4 is 17.6 Å². The minimum absolute atomic E-state index is 0.135. The summed E-state index contributed by atoms with van der Waals surface area (Å²) in [5, 5.41) is 11.8. The van der Waals surface area contributed by atoms with Crippen molar-refractivity contribution in [1.29, 1.82) is 0 Å². The van der Waals surface area contributed by atoms with E-state index in [9.17, 15) is 14.3 Å². The van der Waals surface area contributed by atoms with Crippen molar-refractivity contribution in [2.24, 2.45) is 5.92 Å². The first kappa shape index (κ1) is 23.7. The summed E-state index contributed by atoms with van der Waals surface area (Å²) >= 11 is 0. The number of carboxylic acids is 1. The third-order valence-corrected chi connectivity index (χ3v) is 7.36. The normalized spacial score (nSPS) is 14.4. The van der Waals surface area contributed by atoms with Gasteiger partial charge >= 0.3 is 5.97 Å². The molecule has 1 aliphatic rings. The van der Waals surface area contributed by atoms with Crippen LogP contribution >= 0.6 is 0 Å². The van der Waals surface area contributed by atoms with Crippen molar-refractivity contribution in [1.82, 2.24) is 0 Å². The Morgan fingerprint density at radius 3 is 2.08 bits per heavy atom. The molecule has 0 aliphatic heterocycles. The first-order valence-corrected chi connectivity index (χ1v) is 12.4. The van der Waals surface area contributed by atoms with Gasteiger partial charge < -0.3 is 5.11 Å². The van der Waals surface area contributed by atoms with Gasteiger partial charge in [0.15, 0.2) is 0 Å². The molecule has 36 heavy (non-hydrogen) atoms. The molecule has 0 saturated heterocycles. The molecule has 4 aromatic rings. The average molecular weight is 477 g/mol. The van der Waals surface area contributed by atoms with Crippen LogP contribution in [0.5, 0.6) is 0 Å². The smallest absolute Gasteiger partial charge is 0.336 e. The van der Waals surface area contributed by atoms with E-state index in [0.29, 0.717) is 5.56 Å². The molecule has 0 bridgehead atoms. The van der Waals surface area contributed by atoms with E-state index >= 15 is 0 Å². The zero-order valence-corrected chi connectivity index (χ0v) is 20.6. The van der Waals surface area contributed by atoms with Crippen LogP contribution in [0.15, 0.2) is 84.9 Å². The molecule has 0 fully saturated rings. The number of rotatable bonds is 7. The highest BCUT2D eigenvalue weighted by atomic mass is 19.1. The summed E-state index contributed by atoms with van der Waals surface area (Å²) in [6.45, 7) is 4.07. The molecule has 0 heterocycles. The van der Waals surface area contributed by atoms with Crippen molar-refractivity contribution in [2.75, 3.05) is 0 Å². The van der Waals surface area contributed by atoms with Crippen LogP contribution < -0.4 is 10.4 Å². The molecule has 1 atom stereocenters. The first-order valence-electron chi connectivity index (χ1n) is 12.4. The number of carboxylic acid groups (broad SMARTS) is 1. The van der Waals surface area contributed by atoms with Crippen LogP contribution in [0, 0.1) is 18.7 Å². The third kappa shape index (κ3) is 4.74. The number of hydrogen-bond acceptors (Lipinski definition) is 1. The number of aryl methyl sites for hydroxylation is 2. The maximum absolute atomic E-state index is 13.5. The molecule has 1 N–H and O–H groups in total. The van der Waals surface area contributed by atoms with Crippen molar-refractivity contribution in [2.45, 2.75) is 33.1 Å². The summed E-state index contributed by atoms with van der Waals surface area (Å²) in [5.41, 5.74) is 7.97. The molecular weight excluding hydrogens is 447 g/mol. The van der Waals surface area contributed by atoms with Gasteiger partial charge in [-0.05, 0) is 95.1 Å². The number of benzene rings is 4. The Balaban J connectivity index is 1.43. The van der Waals surface area contributed by atoms with Gasteiger partial charge in [-0.1, -0.05) is 78.4 Å². The number of halogens is 1. The Morgan fingerprint density at radius 2 is 1.44 bits per heavy atom. The fraction of sp³-hybridized carbons (Fsp3) is 0.182. The van der Waals surface area contributed by atoms with Crippen LogP contribution in [0.3, 0.4) is 0 Å². The molecule has 0 spiro atoms. The van der Waals surface area contributed by atoms with Crippen molar-refractivity contribution in [3.8, 4) is 11.1 Å². The van der Waals surface area contributed by atoms with Gasteiger partial charge in [-0.3, -0.25) is 0 Å². The fourth-order valence-electron chi connectivity index (χ4n) is 5.29. The van der Waals surface area contributed by atoms with Gasteiger partial charge in [-0.15, -0.1) is 0 Å². The maximum Gasteiger partial charge on any atom is 0.336 e. The van der Waals surface area contributed by atoms with Gasteiger partial charge in [-0.25, -0.2) is 9.18 Å². The summed E-state index contributed by atoms with van der Waals surface area (Å²) in [4.78, 5) is 12.2. The predicted molar refractivity (Wildman–Crippen MR) is 144 cm³/mol. The van der Waals surface area contributed by atoms with Gasteiger partial charge in [0.1, 0.15) is 5.82 Å². The van der Waals surface area contributed by atoms with E-state index in [-0.39, 0.29) is 11.7 Å². The fourth-order valence-corrected chi connectivity index (χ4v) is 5.29. The van der Waals surface area contributed by atoms with Crippen LogP contribution in [-0.2, 0) is 19.3 Å². The number of fused-ring (bicyclic) bond motifs is 1. The lowest BCUT2D eigenvalue weighted by Crippen LogP contribution is -2.32. The second-order valence-electron chi connectivity index (χ2n) is 9.66. The molecule has 2 nitrogen and oxygen atoms in total. The standard InChI is InChI=1S/C33H29FO2/c1-21-27(18-25-12-10-24(11-13-25)9-8-23-6-4-3-5-7-23)19-30-22(2)29(20-31(32(21)30)33(35)36)26-14-16-28(34)17-15-26/h3-7,10-17,19-20,27H,8-9,18H2,1-2H3,(H,35,36). The highest BCUT2D eigenvalue weighted by Crippen LogP contribution is 2.27. The van der Waals surface area contributed by atoms with Gasteiger partial charge in [0, 0.05) is 5.92 Å². The lowest BCUT2D eigenvalue weighted by molar-refractivity contribution is 0.0695. The molecule has 0 aromatic heterocycles. The SMILES string of the molecule is CC1=c2c(C(=O)O)cc(-c3ccc(F)cc3)c(C)c2=CC1Cc1ccc(CCc2ccccc2)cc1. The molecule has 0 amide bonds. The zero-order chi connectivity index (χ0) is 25.2. The predicted octanol–water partition coefficient (Wildman–Crippen LogP) is 6.11. The maximum atomic E-state index is 13.5. The monoisotopic (exact) mass is 476 g/mol. The summed E-state index contributed by atoms with van der Waals surface area (Å²) in [7, 11) is 0. The van der Waals surface area contributed by atoms with E-state index in [2.05, 4.69) is 54.6 Å². The molecule has 1 aliphatic carbocycles. The van der Waals surface area contributed by atoms with E-state index in [4.69, 9.17) is 0 Å². The molecule has 5 rings (SSSR count). The van der Waals surface area contributed by atoms with Crippen LogP contribution in [0.4, 0.5) is 4.39 Å². The van der Waals surface area contributed by atoms with Crippen LogP contribution in [0.25, 0.3) is 22.8 Å². The third-order valence-electron chi connectivity index (χ3n) is 7.36. The highest BCUT2D eigenvalue weighted by molar-refractivity contribution is 5.92. The second-order valence-corrected chi connectivity index (χ2v) is 9.66. The van der Waals surface area contributed by atoms with Gasteiger partial charge in [-0.2, -0.15) is 0 Å². The van der Waals surface area contributed by atoms with Gasteiger partial charge in [0.25, 0.3) is 0 Å². The van der Waals surface area contributed by atoms with E-state index in [1.54, 1.807) is 18.2 Å². The van der Waals surface area contributed by atoms with Crippen LogP contribution in [0.2, 0.25) is 0 Å². The quantitative estimate of drug-likeness (QED) is 0.350. The molecule has 180 valence electrons. The number of hydrogen-bond donors (Lipinski definition) is 1. The van der Waals surface area contributed by atoms with Crippen molar-refractivity contribution < 1.29 is 14.3 Å². The van der Waals surface area contributed by atoms with Crippen LogP contribution in [0.1, 0.15) is 39.5 Å². The molecular formula is C33H29FO2. The summed E-state index contributed by atoms with van der Waals surface area (Å²) in [6.07, 6.45) is 5.06. The molecule has 0 saturated carbocycles. The van der Waals surface area contributed by atoms with Crippen LogP contribution in [-0.4, -0.2) is 11.1 Å². The van der Waals surface area contributed by atoms with Crippen molar-refractivity contribution in [3.63, 3.8) is 0 Å². The molecule has 4 aromatic carbocycles. The minimum atomic E-state index is -0.939. The Bertz CT molecular complexity index is 1530. The summed E-state index contributed by atoms with van der Waals surface area (Å²) < 4.78 is 13.5. The lowest BCUT2D eigenvalue weighted by atomic mass is 9.92. The topological polar surface area (TPSA) is 37.3 Å². The number of aromatic carboxylic acids is 1. The van der Waals surface area contributed by atoms with E-state index in [0.717, 1.165) is 52.0 Å². The lowest BCUT2D eigenvalue weighted by Gasteiger charge is -2.12.